The molecule has 4 aromatic rings. The molecular weight excluding hydrogens is 342 g/mol. The number of pyridine rings is 1. The quantitative estimate of drug-likeness (QED) is 0.410. The summed E-state index contributed by atoms with van der Waals surface area (Å²) in [5, 5.41) is 3.43. The Morgan fingerprint density at radius 1 is 1.27 bits per heavy atom. The molecule has 0 aromatic carbocycles. The van der Waals surface area contributed by atoms with Gasteiger partial charge in [0, 0.05) is 37.6 Å². The van der Waals surface area contributed by atoms with Crippen LogP contribution in [0, 0.1) is 12.8 Å². The van der Waals surface area contributed by atoms with Crippen LogP contribution in [0.5, 0.6) is 11.5 Å². The van der Waals surface area contributed by atoms with Gasteiger partial charge in [0.25, 0.3) is 5.69 Å². The van der Waals surface area contributed by atoms with Crippen LogP contribution in [0.25, 0.3) is 32.5 Å². The van der Waals surface area contributed by atoms with Crippen molar-refractivity contribution in [2.75, 3.05) is 0 Å². The van der Waals surface area contributed by atoms with Gasteiger partial charge in [0.05, 0.1) is 10.9 Å². The number of hydrogen-bond donors (Lipinski definition) is 0. The van der Waals surface area contributed by atoms with Gasteiger partial charge in [-0.15, -0.1) is 11.3 Å². The molecule has 4 nitrogen and oxygen atoms in total. The zero-order chi connectivity index (χ0) is 18.3. The van der Waals surface area contributed by atoms with E-state index in [2.05, 4.69) is 73.3 Å². The molecule has 0 aliphatic carbocycles. The molecule has 134 valence electrons. The highest BCUT2D eigenvalue weighted by Crippen LogP contribution is 2.51. The van der Waals surface area contributed by atoms with Crippen LogP contribution in [-0.2, 0) is 27.6 Å². The molecule has 0 N–H and O–H groups in total. The van der Waals surface area contributed by atoms with Crippen LogP contribution in [0.2, 0.25) is 0 Å². The molecule has 0 radical (unpaired) electrons. The summed E-state index contributed by atoms with van der Waals surface area (Å²) in [7, 11) is 6.42. The number of thiophene rings is 1. The molecule has 0 amide bonds. The Labute approximate surface area is 157 Å². The minimum Gasteiger partial charge on any atom is -0.448 e. The fourth-order valence-electron chi connectivity index (χ4n) is 4.51. The molecule has 26 heavy (non-hydrogen) atoms. The van der Waals surface area contributed by atoms with E-state index in [1.165, 1.54) is 43.8 Å². The van der Waals surface area contributed by atoms with E-state index in [1.807, 2.05) is 11.3 Å². The third-order valence-corrected chi connectivity index (χ3v) is 6.68. The average molecular weight is 367 g/mol. The van der Waals surface area contributed by atoms with E-state index in [9.17, 15) is 0 Å². The fraction of sp³-hybridized carbons (Fsp3) is 0.381. The van der Waals surface area contributed by atoms with Gasteiger partial charge in [-0.25, -0.2) is 0 Å². The number of rotatable bonds is 2. The van der Waals surface area contributed by atoms with Crippen molar-refractivity contribution in [1.82, 2.24) is 9.13 Å². The van der Waals surface area contributed by atoms with Gasteiger partial charge in [0.2, 0.25) is 11.3 Å². The van der Waals surface area contributed by atoms with Crippen LogP contribution in [-0.4, -0.2) is 9.13 Å². The second kappa shape index (κ2) is 5.13. The highest BCUT2D eigenvalue weighted by Gasteiger charge is 2.37. The second-order valence-corrected chi connectivity index (χ2v) is 8.79. The summed E-state index contributed by atoms with van der Waals surface area (Å²) in [5.74, 6) is 2.61. The first-order chi connectivity index (χ1) is 12.4. The van der Waals surface area contributed by atoms with Gasteiger partial charge < -0.3 is 13.9 Å². The molecule has 0 bridgehead atoms. The van der Waals surface area contributed by atoms with E-state index >= 15 is 0 Å². The number of aryl methyl sites for hydroxylation is 3. The van der Waals surface area contributed by atoms with Crippen LogP contribution in [0.3, 0.4) is 0 Å². The molecule has 0 fully saturated rings. The van der Waals surface area contributed by atoms with Crippen LogP contribution in [0.1, 0.15) is 25.1 Å². The third-order valence-electron chi connectivity index (χ3n) is 5.71. The van der Waals surface area contributed by atoms with Crippen molar-refractivity contribution in [3.05, 3.63) is 28.9 Å². The third kappa shape index (κ3) is 1.81. The summed E-state index contributed by atoms with van der Waals surface area (Å²) in [6.07, 6.45) is 3.14. The highest BCUT2D eigenvalue weighted by atomic mass is 32.1. The lowest BCUT2D eigenvalue weighted by Crippen LogP contribution is -2.33. The van der Waals surface area contributed by atoms with E-state index in [0.29, 0.717) is 5.92 Å². The van der Waals surface area contributed by atoms with Gasteiger partial charge >= 0.3 is 0 Å². The van der Waals surface area contributed by atoms with Crippen molar-refractivity contribution in [2.45, 2.75) is 27.2 Å². The monoisotopic (exact) mass is 366 g/mol. The van der Waals surface area contributed by atoms with Gasteiger partial charge in [-0.1, -0.05) is 13.8 Å². The Hall–Kier alpha value is -2.27. The molecule has 5 rings (SSSR count). The van der Waals surface area contributed by atoms with Crippen molar-refractivity contribution in [2.24, 2.45) is 27.1 Å². The second-order valence-electron chi connectivity index (χ2n) is 7.87. The van der Waals surface area contributed by atoms with Gasteiger partial charge in [-0.05, 0) is 24.6 Å². The number of aromatic nitrogens is 3. The topological polar surface area (TPSA) is 23.0 Å². The van der Waals surface area contributed by atoms with E-state index in [1.54, 1.807) is 0 Å². The van der Waals surface area contributed by atoms with Crippen LogP contribution >= 0.6 is 11.3 Å². The van der Waals surface area contributed by atoms with Crippen LogP contribution in [0.15, 0.2) is 17.6 Å². The van der Waals surface area contributed by atoms with Crippen molar-refractivity contribution >= 4 is 32.6 Å². The summed E-state index contributed by atoms with van der Waals surface area (Å²) in [6.45, 7) is 6.78. The number of ether oxygens (including phenoxy) is 1. The predicted molar refractivity (Wildman–Crippen MR) is 107 cm³/mol. The molecule has 1 aliphatic heterocycles. The first-order valence-electron chi connectivity index (χ1n) is 9.14. The number of nitrogens with zero attached hydrogens (tertiary/aromatic N) is 3. The molecule has 0 saturated heterocycles. The van der Waals surface area contributed by atoms with Gasteiger partial charge in [-0.3, -0.25) is 0 Å². The maximum absolute atomic E-state index is 6.58. The molecule has 5 heteroatoms. The Balaban J connectivity index is 1.98. The predicted octanol–water partition coefficient (Wildman–Crippen LogP) is 4.84. The molecule has 0 saturated carbocycles. The maximum atomic E-state index is 6.58. The normalized spacial score (nSPS) is 13.0. The lowest BCUT2D eigenvalue weighted by Gasteiger charge is -2.19. The zero-order valence-corrected chi connectivity index (χ0v) is 17.0. The minimum atomic E-state index is 0.578. The molecule has 1 aliphatic rings. The number of hydrogen-bond acceptors (Lipinski definition) is 2. The molecule has 4 aromatic heterocycles. The van der Waals surface area contributed by atoms with Gasteiger partial charge in [-0.2, -0.15) is 4.57 Å². The first-order valence-corrected chi connectivity index (χ1v) is 10.0. The minimum absolute atomic E-state index is 0.578. The maximum Gasteiger partial charge on any atom is 0.258 e. The Kier molecular flexibility index (Phi) is 3.15. The zero-order valence-electron chi connectivity index (χ0n) is 16.2. The van der Waals surface area contributed by atoms with Crippen LogP contribution in [0.4, 0.5) is 0 Å². The molecule has 0 unspecified atom stereocenters. The van der Waals surface area contributed by atoms with E-state index in [0.717, 1.165) is 17.9 Å². The Bertz CT molecular complexity index is 1210. The standard InChI is InChI=1S/C21H24N3OS/c1-11(2)9-13-19-18(24(6)14-7-8-26-20(13)14)16-12(3)23(5)21-17(16)15(25-19)10-22(21)4/h7-8,10-11H,9H2,1-6H3/q+1. The van der Waals surface area contributed by atoms with Crippen LogP contribution < -0.4 is 9.30 Å². The Morgan fingerprint density at radius 3 is 2.77 bits per heavy atom. The summed E-state index contributed by atoms with van der Waals surface area (Å²) in [5.41, 5.74) is 7.69. The summed E-state index contributed by atoms with van der Waals surface area (Å²) in [6, 6.07) is 2.24. The smallest absolute Gasteiger partial charge is 0.258 e. The molecular formula is C21H24N3OS+. The lowest BCUT2D eigenvalue weighted by atomic mass is 9.96. The van der Waals surface area contributed by atoms with Gasteiger partial charge in [0.15, 0.2) is 5.75 Å². The lowest BCUT2D eigenvalue weighted by molar-refractivity contribution is -0.633. The first kappa shape index (κ1) is 15.9. The summed E-state index contributed by atoms with van der Waals surface area (Å²) >= 11 is 1.82. The summed E-state index contributed by atoms with van der Waals surface area (Å²) in [4.78, 5) is 0. The van der Waals surface area contributed by atoms with Crippen molar-refractivity contribution in [3.8, 4) is 22.8 Å². The SMILES string of the molecule is Cc1c2c3c(cn(C)c3n1C)Oc1c(CC(C)C)c3sccc3[n+](C)c1-2. The van der Waals surface area contributed by atoms with Gasteiger partial charge in [0.1, 0.15) is 17.4 Å². The average Bonchev–Trinajstić information content (AvgIpc) is 3.25. The van der Waals surface area contributed by atoms with E-state index < -0.39 is 0 Å². The largest absolute Gasteiger partial charge is 0.448 e. The Morgan fingerprint density at radius 2 is 2.04 bits per heavy atom. The molecule has 0 spiro atoms. The fourth-order valence-corrected chi connectivity index (χ4v) is 5.49. The van der Waals surface area contributed by atoms with Crippen molar-refractivity contribution in [1.29, 1.82) is 0 Å². The highest BCUT2D eigenvalue weighted by molar-refractivity contribution is 7.17. The van der Waals surface area contributed by atoms with Crippen molar-refractivity contribution in [3.63, 3.8) is 0 Å². The summed E-state index contributed by atoms with van der Waals surface area (Å²) < 4.78 is 14.7. The molecule has 0 atom stereocenters. The van der Waals surface area contributed by atoms with Crippen molar-refractivity contribution < 1.29 is 9.30 Å². The van der Waals surface area contributed by atoms with E-state index in [4.69, 9.17) is 4.74 Å². The number of fused-ring (bicyclic) bond motifs is 3. The van der Waals surface area contributed by atoms with E-state index in [-0.39, 0.29) is 0 Å². The molecule has 5 heterocycles.